The fraction of sp³-hybridized carbons (Fsp3) is 0.316. The lowest BCUT2D eigenvalue weighted by Gasteiger charge is -2.29. The molecule has 1 fully saturated rings. The Labute approximate surface area is 155 Å². The van der Waals surface area contributed by atoms with Crippen LogP contribution in [0.1, 0.15) is 25.7 Å². The third-order valence-corrected chi connectivity index (χ3v) is 4.46. The highest BCUT2D eigenvalue weighted by Crippen LogP contribution is 2.24. The molecule has 0 saturated heterocycles. The summed E-state index contributed by atoms with van der Waals surface area (Å²) in [6, 6.07) is 11.3. The van der Waals surface area contributed by atoms with Crippen molar-refractivity contribution in [2.24, 2.45) is 0 Å². The minimum atomic E-state index is -0.490. The van der Waals surface area contributed by atoms with Crippen LogP contribution < -0.4 is 15.4 Å². The summed E-state index contributed by atoms with van der Waals surface area (Å²) in [6.07, 6.45) is 3.19. The van der Waals surface area contributed by atoms with Crippen molar-refractivity contribution < 1.29 is 18.8 Å². The molecular formula is C19H20FN3O4. The molecule has 2 aromatic rings. The number of hydrogen-bond acceptors (Lipinski definition) is 4. The predicted octanol–water partition coefficient (Wildman–Crippen LogP) is 4.25. The minimum absolute atomic E-state index is 0.0274. The number of nitrogens with zero attached hydrogens (tertiary/aromatic N) is 1. The van der Waals surface area contributed by atoms with Gasteiger partial charge in [-0.15, -0.1) is 0 Å². The highest BCUT2D eigenvalue weighted by atomic mass is 19.1. The first-order chi connectivity index (χ1) is 13.0. The van der Waals surface area contributed by atoms with E-state index in [1.807, 2.05) is 0 Å². The molecule has 3 rings (SSSR count). The van der Waals surface area contributed by atoms with Crippen molar-refractivity contribution in [1.29, 1.82) is 0 Å². The second-order valence-electron chi connectivity index (χ2n) is 6.45. The van der Waals surface area contributed by atoms with Gasteiger partial charge in [0.1, 0.15) is 11.6 Å². The fourth-order valence-electron chi connectivity index (χ4n) is 3.05. The number of hydrogen-bond donors (Lipinski definition) is 2. The first-order valence-corrected chi connectivity index (χ1v) is 8.74. The summed E-state index contributed by atoms with van der Waals surface area (Å²) >= 11 is 0. The number of non-ortho nitro benzene ring substituents is 1. The zero-order chi connectivity index (χ0) is 19.2. The van der Waals surface area contributed by atoms with Gasteiger partial charge in [0.2, 0.25) is 0 Å². The summed E-state index contributed by atoms with van der Waals surface area (Å²) in [7, 11) is 0. The maximum absolute atomic E-state index is 12.9. The largest absolute Gasteiger partial charge is 0.490 e. The number of nitro benzene ring substituents is 1. The molecule has 1 saturated carbocycles. The Morgan fingerprint density at radius 3 is 2.26 bits per heavy atom. The van der Waals surface area contributed by atoms with Crippen molar-refractivity contribution in [3.05, 3.63) is 64.5 Å². The number of benzene rings is 2. The average Bonchev–Trinajstić information content (AvgIpc) is 2.65. The molecule has 0 spiro atoms. The molecule has 1 aliphatic carbocycles. The summed E-state index contributed by atoms with van der Waals surface area (Å²) in [5.74, 6) is 0.345. The third-order valence-electron chi connectivity index (χ3n) is 4.46. The monoisotopic (exact) mass is 373 g/mol. The summed E-state index contributed by atoms with van der Waals surface area (Å²) in [4.78, 5) is 22.2. The van der Waals surface area contributed by atoms with E-state index in [9.17, 15) is 19.3 Å². The fourth-order valence-corrected chi connectivity index (χ4v) is 3.05. The summed E-state index contributed by atoms with van der Waals surface area (Å²) in [6.45, 7) is 0. The molecule has 0 unspecified atom stereocenters. The van der Waals surface area contributed by atoms with Gasteiger partial charge in [0.15, 0.2) is 0 Å². The van der Waals surface area contributed by atoms with Crippen LogP contribution in [0.3, 0.4) is 0 Å². The van der Waals surface area contributed by atoms with Crippen molar-refractivity contribution >= 4 is 17.4 Å². The van der Waals surface area contributed by atoms with Crippen LogP contribution in [0.15, 0.2) is 48.5 Å². The molecule has 2 amide bonds. The van der Waals surface area contributed by atoms with Crippen LogP contribution in [0, 0.1) is 15.9 Å². The molecule has 0 atom stereocenters. The van der Waals surface area contributed by atoms with E-state index in [0.717, 1.165) is 25.7 Å². The van der Waals surface area contributed by atoms with E-state index in [4.69, 9.17) is 4.74 Å². The van der Waals surface area contributed by atoms with Crippen molar-refractivity contribution in [2.45, 2.75) is 37.8 Å². The molecular weight excluding hydrogens is 353 g/mol. The van der Waals surface area contributed by atoms with E-state index in [1.165, 1.54) is 36.4 Å². The van der Waals surface area contributed by atoms with Gasteiger partial charge in [0, 0.05) is 23.9 Å². The molecule has 0 radical (unpaired) electrons. The molecule has 7 nitrogen and oxygen atoms in total. The zero-order valence-corrected chi connectivity index (χ0v) is 14.6. The SMILES string of the molecule is O=C(Nc1ccc([N+](=O)[O-])cc1)N[C@H]1CC[C@@H](Oc2ccc(F)cc2)CC1. The molecule has 0 bridgehead atoms. The Morgan fingerprint density at radius 2 is 1.67 bits per heavy atom. The van der Waals surface area contributed by atoms with Crippen molar-refractivity contribution in [2.75, 3.05) is 5.32 Å². The number of rotatable bonds is 5. The van der Waals surface area contributed by atoms with Gasteiger partial charge in [-0.3, -0.25) is 10.1 Å². The molecule has 0 heterocycles. The number of nitro groups is 1. The van der Waals surface area contributed by atoms with Crippen LogP contribution in [-0.2, 0) is 0 Å². The quantitative estimate of drug-likeness (QED) is 0.605. The number of anilines is 1. The Hall–Kier alpha value is -3.16. The third kappa shape index (κ3) is 5.40. The van der Waals surface area contributed by atoms with E-state index < -0.39 is 4.92 Å². The highest BCUT2D eigenvalue weighted by Gasteiger charge is 2.23. The topological polar surface area (TPSA) is 93.5 Å². The highest BCUT2D eigenvalue weighted by molar-refractivity contribution is 5.89. The van der Waals surface area contributed by atoms with E-state index in [-0.39, 0.29) is 29.7 Å². The van der Waals surface area contributed by atoms with Crippen molar-refractivity contribution in [1.82, 2.24) is 5.32 Å². The predicted molar refractivity (Wildman–Crippen MR) is 98.3 cm³/mol. The molecule has 0 aromatic heterocycles. The Kier molecular flexibility index (Phi) is 5.85. The number of halogens is 1. The first-order valence-electron chi connectivity index (χ1n) is 8.74. The van der Waals surface area contributed by atoms with Gasteiger partial charge in [-0.2, -0.15) is 0 Å². The minimum Gasteiger partial charge on any atom is -0.490 e. The van der Waals surface area contributed by atoms with Crippen LogP contribution in [0.4, 0.5) is 20.6 Å². The van der Waals surface area contributed by atoms with Gasteiger partial charge in [-0.05, 0) is 62.1 Å². The van der Waals surface area contributed by atoms with Gasteiger partial charge in [-0.1, -0.05) is 0 Å². The van der Waals surface area contributed by atoms with Gasteiger partial charge in [0.25, 0.3) is 5.69 Å². The smallest absolute Gasteiger partial charge is 0.319 e. The molecule has 1 aliphatic rings. The van der Waals surface area contributed by atoms with E-state index in [1.54, 1.807) is 12.1 Å². The van der Waals surface area contributed by atoms with E-state index in [0.29, 0.717) is 11.4 Å². The number of carbonyl (C=O) groups is 1. The van der Waals surface area contributed by atoms with Crippen LogP contribution in [0.2, 0.25) is 0 Å². The zero-order valence-electron chi connectivity index (χ0n) is 14.6. The maximum Gasteiger partial charge on any atom is 0.319 e. The lowest BCUT2D eigenvalue weighted by Crippen LogP contribution is -2.41. The van der Waals surface area contributed by atoms with Crippen LogP contribution in [0.5, 0.6) is 5.75 Å². The number of ether oxygens (including phenoxy) is 1. The number of nitrogens with one attached hydrogen (secondary N) is 2. The van der Waals surface area contributed by atoms with Crippen LogP contribution in [0.25, 0.3) is 0 Å². The molecule has 2 N–H and O–H groups in total. The lowest BCUT2D eigenvalue weighted by molar-refractivity contribution is -0.384. The average molecular weight is 373 g/mol. The van der Waals surface area contributed by atoms with E-state index in [2.05, 4.69) is 10.6 Å². The Balaban J connectivity index is 1.42. The lowest BCUT2D eigenvalue weighted by atomic mass is 9.93. The van der Waals surface area contributed by atoms with Crippen LogP contribution in [-0.4, -0.2) is 23.1 Å². The second-order valence-corrected chi connectivity index (χ2v) is 6.45. The van der Waals surface area contributed by atoms with Gasteiger partial charge < -0.3 is 15.4 Å². The second kappa shape index (κ2) is 8.48. The first kappa shape index (κ1) is 18.6. The Morgan fingerprint density at radius 1 is 1.04 bits per heavy atom. The molecule has 2 aromatic carbocycles. The number of carbonyl (C=O) groups excluding carboxylic acids is 1. The molecule has 27 heavy (non-hydrogen) atoms. The molecule has 0 aliphatic heterocycles. The van der Waals surface area contributed by atoms with Gasteiger partial charge in [-0.25, -0.2) is 9.18 Å². The van der Waals surface area contributed by atoms with E-state index >= 15 is 0 Å². The van der Waals surface area contributed by atoms with Gasteiger partial charge in [0.05, 0.1) is 11.0 Å². The normalized spacial score (nSPS) is 19.1. The van der Waals surface area contributed by atoms with Crippen LogP contribution >= 0.6 is 0 Å². The Bertz CT molecular complexity index is 788. The molecule has 8 heteroatoms. The summed E-state index contributed by atoms with van der Waals surface area (Å²) in [5.41, 5.74) is 0.465. The standard InChI is InChI=1S/C19H20FN3O4/c20-13-1-9-17(10-2-13)27-18-11-5-15(6-12-18)22-19(24)21-14-3-7-16(8-4-14)23(25)26/h1-4,7-10,15,18H,5-6,11-12H2,(H2,21,22,24)/t15-,18+. The number of amides is 2. The van der Waals surface area contributed by atoms with Crippen molar-refractivity contribution in [3.8, 4) is 5.75 Å². The maximum atomic E-state index is 12.9. The number of urea groups is 1. The molecule has 142 valence electrons. The van der Waals surface area contributed by atoms with Gasteiger partial charge >= 0.3 is 6.03 Å². The van der Waals surface area contributed by atoms with Crippen molar-refractivity contribution in [3.63, 3.8) is 0 Å². The summed E-state index contributed by atoms with van der Waals surface area (Å²) in [5, 5.41) is 16.2. The summed E-state index contributed by atoms with van der Waals surface area (Å²) < 4.78 is 18.8.